The molecule has 8 heteroatoms. The minimum Gasteiger partial charge on any atom is -0.467 e. The van der Waals surface area contributed by atoms with E-state index < -0.39 is 11.6 Å². The maximum Gasteiger partial charge on any atom is 0.325 e. The maximum atomic E-state index is 12.7. The zero-order chi connectivity index (χ0) is 16.6. The monoisotopic (exact) mass is 318 g/mol. The molecule has 1 saturated heterocycles. The fourth-order valence-electron chi connectivity index (χ4n) is 3.01. The number of rotatable bonds is 3. The molecule has 0 bridgehead atoms. The van der Waals surface area contributed by atoms with Gasteiger partial charge >= 0.3 is 12.0 Å². The van der Waals surface area contributed by atoms with Crippen molar-refractivity contribution in [2.75, 3.05) is 7.11 Å². The summed E-state index contributed by atoms with van der Waals surface area (Å²) in [5.74, 6) is -0.138. The van der Waals surface area contributed by atoms with E-state index in [0.29, 0.717) is 36.9 Å². The van der Waals surface area contributed by atoms with Crippen LogP contribution in [0, 0.1) is 6.92 Å². The van der Waals surface area contributed by atoms with Crippen LogP contribution in [0.2, 0.25) is 0 Å². The number of ether oxygens (including phenoxy) is 1. The molecular weight excluding hydrogens is 300 g/mol. The highest BCUT2D eigenvalue weighted by molar-refractivity contribution is 6.07. The third-order valence-corrected chi connectivity index (χ3v) is 4.48. The van der Waals surface area contributed by atoms with Gasteiger partial charge in [0.25, 0.3) is 5.91 Å². The number of carbonyl (C=O) groups excluding carboxylic acids is 3. The number of ketones is 1. The first-order chi connectivity index (χ1) is 10.9. The Morgan fingerprint density at radius 1 is 1.30 bits per heavy atom. The number of imide groups is 1. The third kappa shape index (κ3) is 2.64. The molecule has 2 heterocycles. The lowest BCUT2D eigenvalue weighted by Crippen LogP contribution is -2.49. The molecular formula is C15H18N4O4. The topological polar surface area (TPSA) is 101 Å². The Morgan fingerprint density at radius 3 is 2.61 bits per heavy atom. The molecule has 2 fully saturated rings. The molecule has 1 aromatic heterocycles. The van der Waals surface area contributed by atoms with E-state index in [1.807, 2.05) is 0 Å². The smallest absolute Gasteiger partial charge is 0.325 e. The molecule has 0 unspecified atom stereocenters. The van der Waals surface area contributed by atoms with Crippen molar-refractivity contribution in [3.8, 4) is 6.01 Å². The van der Waals surface area contributed by atoms with Crippen LogP contribution in [0.4, 0.5) is 4.79 Å². The molecule has 3 amide bonds. The van der Waals surface area contributed by atoms with Crippen molar-refractivity contribution in [2.45, 2.75) is 44.7 Å². The van der Waals surface area contributed by atoms with Gasteiger partial charge in [-0.1, -0.05) is 0 Å². The second-order valence-corrected chi connectivity index (χ2v) is 5.91. The van der Waals surface area contributed by atoms with Gasteiger partial charge in [0.05, 0.1) is 13.7 Å². The Morgan fingerprint density at radius 2 is 2.00 bits per heavy atom. The molecule has 0 atom stereocenters. The number of carbonyl (C=O) groups is 3. The van der Waals surface area contributed by atoms with Crippen LogP contribution in [0.1, 0.15) is 36.9 Å². The average Bonchev–Trinajstić information content (AvgIpc) is 2.76. The Balaban J connectivity index is 1.80. The van der Waals surface area contributed by atoms with Crippen molar-refractivity contribution in [2.24, 2.45) is 0 Å². The van der Waals surface area contributed by atoms with Crippen LogP contribution in [0.25, 0.3) is 0 Å². The summed E-state index contributed by atoms with van der Waals surface area (Å²) in [7, 11) is 1.47. The molecule has 122 valence electrons. The van der Waals surface area contributed by atoms with Gasteiger partial charge in [0.2, 0.25) is 0 Å². The average molecular weight is 318 g/mol. The number of aryl methyl sites for hydroxylation is 1. The minimum absolute atomic E-state index is 0.107. The van der Waals surface area contributed by atoms with Gasteiger partial charge in [0.1, 0.15) is 11.3 Å². The van der Waals surface area contributed by atoms with Gasteiger partial charge in [-0.15, -0.1) is 0 Å². The predicted molar refractivity (Wildman–Crippen MR) is 78.6 cm³/mol. The quantitative estimate of drug-likeness (QED) is 0.824. The lowest BCUT2D eigenvalue weighted by Gasteiger charge is -2.29. The zero-order valence-electron chi connectivity index (χ0n) is 13.1. The van der Waals surface area contributed by atoms with Crippen LogP contribution in [-0.2, 0) is 16.1 Å². The van der Waals surface area contributed by atoms with E-state index in [1.54, 1.807) is 13.1 Å². The summed E-state index contributed by atoms with van der Waals surface area (Å²) in [6, 6.07) is -0.190. The second-order valence-electron chi connectivity index (χ2n) is 5.91. The van der Waals surface area contributed by atoms with E-state index in [4.69, 9.17) is 4.74 Å². The van der Waals surface area contributed by atoms with Gasteiger partial charge in [-0.3, -0.25) is 14.5 Å². The van der Waals surface area contributed by atoms with E-state index in [9.17, 15) is 14.4 Å². The number of methoxy groups -OCH3 is 1. The zero-order valence-corrected chi connectivity index (χ0v) is 13.1. The van der Waals surface area contributed by atoms with Crippen molar-refractivity contribution in [3.63, 3.8) is 0 Å². The van der Waals surface area contributed by atoms with Gasteiger partial charge in [-0.05, 0) is 19.8 Å². The Bertz CT molecular complexity index is 678. The van der Waals surface area contributed by atoms with Gasteiger partial charge in [-0.25, -0.2) is 14.8 Å². The predicted octanol–water partition coefficient (Wildman–Crippen LogP) is 0.727. The summed E-state index contributed by atoms with van der Waals surface area (Å²) in [6.07, 6.45) is 2.93. The summed E-state index contributed by atoms with van der Waals surface area (Å²) < 4.78 is 4.95. The highest BCUT2D eigenvalue weighted by atomic mass is 16.5. The number of amides is 3. The largest absolute Gasteiger partial charge is 0.467 e. The number of nitrogens with one attached hydrogen (secondary N) is 1. The van der Waals surface area contributed by atoms with E-state index >= 15 is 0 Å². The van der Waals surface area contributed by atoms with Gasteiger partial charge < -0.3 is 10.1 Å². The van der Waals surface area contributed by atoms with E-state index in [2.05, 4.69) is 15.3 Å². The van der Waals surface area contributed by atoms with Crippen molar-refractivity contribution in [1.29, 1.82) is 0 Å². The molecule has 0 radical (unpaired) electrons. The molecule has 1 spiro atoms. The molecule has 8 nitrogen and oxygen atoms in total. The highest BCUT2D eigenvalue weighted by Gasteiger charge is 2.52. The van der Waals surface area contributed by atoms with E-state index in [1.165, 1.54) is 12.0 Å². The molecule has 1 saturated carbocycles. The number of aromatic nitrogens is 2. The Hall–Kier alpha value is -2.51. The van der Waals surface area contributed by atoms with Gasteiger partial charge in [0, 0.05) is 30.3 Å². The summed E-state index contributed by atoms with van der Waals surface area (Å²) in [5.41, 5.74) is 0.405. The molecule has 2 aliphatic rings. The van der Waals surface area contributed by atoms with Crippen molar-refractivity contribution < 1.29 is 19.1 Å². The minimum atomic E-state index is -0.924. The number of Topliss-reactive ketones (excluding diaryl/α,β-unsaturated/α-hetero) is 1. The first-order valence-corrected chi connectivity index (χ1v) is 7.47. The van der Waals surface area contributed by atoms with Crippen molar-refractivity contribution in [1.82, 2.24) is 20.2 Å². The van der Waals surface area contributed by atoms with Gasteiger partial charge in [-0.2, -0.15) is 0 Å². The Labute approximate surface area is 133 Å². The number of nitrogens with zero attached hydrogens (tertiary/aromatic N) is 3. The summed E-state index contributed by atoms with van der Waals surface area (Å²) >= 11 is 0. The van der Waals surface area contributed by atoms with Crippen LogP contribution in [0.3, 0.4) is 0 Å². The van der Waals surface area contributed by atoms with Gasteiger partial charge in [0.15, 0.2) is 0 Å². The first kappa shape index (κ1) is 15.4. The molecule has 1 N–H and O–H groups in total. The van der Waals surface area contributed by atoms with Crippen molar-refractivity contribution >= 4 is 17.7 Å². The van der Waals surface area contributed by atoms with Crippen LogP contribution in [-0.4, -0.2) is 45.2 Å². The normalized spacial score (nSPS) is 20.1. The van der Waals surface area contributed by atoms with Crippen LogP contribution >= 0.6 is 0 Å². The summed E-state index contributed by atoms with van der Waals surface area (Å²) in [6.45, 7) is 1.88. The first-order valence-electron chi connectivity index (χ1n) is 7.47. The van der Waals surface area contributed by atoms with Crippen LogP contribution < -0.4 is 10.1 Å². The number of urea groups is 1. The highest BCUT2D eigenvalue weighted by Crippen LogP contribution is 2.33. The SMILES string of the molecule is COc1ncc(CN2C(=O)NC3(CCC(=O)CC3)C2=O)c(C)n1. The molecule has 0 aromatic carbocycles. The lowest BCUT2D eigenvalue weighted by molar-refractivity contribution is -0.134. The molecule has 23 heavy (non-hydrogen) atoms. The number of hydrogen-bond acceptors (Lipinski definition) is 6. The van der Waals surface area contributed by atoms with Crippen LogP contribution in [0.5, 0.6) is 6.01 Å². The van der Waals surface area contributed by atoms with E-state index in [-0.39, 0.29) is 24.2 Å². The second kappa shape index (κ2) is 5.60. The number of hydrogen-bond donors (Lipinski definition) is 1. The fraction of sp³-hybridized carbons (Fsp3) is 0.533. The van der Waals surface area contributed by atoms with Crippen LogP contribution in [0.15, 0.2) is 6.20 Å². The lowest BCUT2D eigenvalue weighted by atomic mass is 9.81. The van der Waals surface area contributed by atoms with E-state index in [0.717, 1.165) is 0 Å². The fourth-order valence-corrected chi connectivity index (χ4v) is 3.01. The Kier molecular flexibility index (Phi) is 3.75. The molecule has 1 aliphatic heterocycles. The molecule has 3 rings (SSSR count). The molecule has 1 aromatic rings. The standard InChI is InChI=1S/C15H18N4O4/c1-9-10(7-16-13(17-9)23-2)8-19-12(21)15(18-14(19)22)5-3-11(20)4-6-15/h7H,3-6,8H2,1-2H3,(H,18,22). The summed E-state index contributed by atoms with van der Waals surface area (Å²) in [4.78, 5) is 45.7. The molecule has 1 aliphatic carbocycles. The van der Waals surface area contributed by atoms with Crippen molar-refractivity contribution in [3.05, 3.63) is 17.5 Å². The third-order valence-electron chi connectivity index (χ3n) is 4.48. The summed E-state index contributed by atoms with van der Waals surface area (Å²) in [5, 5.41) is 2.77. The maximum absolute atomic E-state index is 12.7.